The van der Waals surface area contributed by atoms with Gasteiger partial charge in [-0.05, 0) is 35.4 Å². The Morgan fingerprint density at radius 1 is 1.04 bits per heavy atom. The van der Waals surface area contributed by atoms with Crippen molar-refractivity contribution in [1.82, 2.24) is 15.3 Å². The molecule has 1 amide bonds. The zero-order valence-corrected chi connectivity index (χ0v) is 15.0. The number of hydrogen-bond acceptors (Lipinski definition) is 7. The van der Waals surface area contributed by atoms with E-state index in [1.165, 1.54) is 12.4 Å². The van der Waals surface area contributed by atoms with Crippen LogP contribution >= 0.6 is 0 Å². The number of aromatic nitrogens is 2. The van der Waals surface area contributed by atoms with Crippen molar-refractivity contribution in [2.45, 2.75) is 0 Å². The lowest BCUT2D eigenvalue weighted by Crippen LogP contribution is -2.26. The minimum atomic E-state index is -0.248. The first-order valence-corrected chi connectivity index (χ1v) is 8.55. The van der Waals surface area contributed by atoms with Gasteiger partial charge in [0.25, 0.3) is 5.91 Å². The molecule has 8 nitrogen and oxygen atoms in total. The molecule has 0 atom stereocenters. The second-order valence-electron chi connectivity index (χ2n) is 6.06. The number of hydrogen-bond donors (Lipinski definition) is 5. The van der Waals surface area contributed by atoms with Crippen molar-refractivity contribution in [2.24, 2.45) is 0 Å². The van der Waals surface area contributed by atoms with Crippen LogP contribution in [-0.2, 0) is 0 Å². The number of anilines is 2. The summed E-state index contributed by atoms with van der Waals surface area (Å²) in [7, 11) is 0. The molecule has 0 fully saturated rings. The van der Waals surface area contributed by atoms with Crippen molar-refractivity contribution in [3.63, 3.8) is 0 Å². The summed E-state index contributed by atoms with van der Waals surface area (Å²) in [5, 5.41) is 19.8. The Labute approximate surface area is 161 Å². The molecule has 3 rings (SSSR count). The summed E-state index contributed by atoms with van der Waals surface area (Å²) in [6.07, 6.45) is 1.31. The second kappa shape index (κ2) is 8.28. The number of rotatable bonds is 6. The molecule has 0 aliphatic rings. The molecule has 3 aromatic rings. The van der Waals surface area contributed by atoms with Crippen LogP contribution in [0, 0.1) is 5.41 Å². The Morgan fingerprint density at radius 3 is 2.43 bits per heavy atom. The summed E-state index contributed by atoms with van der Waals surface area (Å²) in [5.74, 6) is 0.0289. The minimum absolute atomic E-state index is 0.109. The second-order valence-corrected chi connectivity index (χ2v) is 6.06. The maximum Gasteiger partial charge on any atom is 0.251 e. The van der Waals surface area contributed by atoms with Gasteiger partial charge in [-0.3, -0.25) is 10.2 Å². The van der Waals surface area contributed by atoms with Gasteiger partial charge in [0, 0.05) is 29.4 Å². The van der Waals surface area contributed by atoms with Crippen molar-refractivity contribution >= 4 is 23.1 Å². The fourth-order valence-corrected chi connectivity index (χ4v) is 2.68. The van der Waals surface area contributed by atoms with E-state index in [1.54, 1.807) is 24.3 Å². The number of nitrogens with two attached hydrogens (primary N) is 2. The van der Waals surface area contributed by atoms with Gasteiger partial charge >= 0.3 is 0 Å². The molecule has 28 heavy (non-hydrogen) atoms. The lowest BCUT2D eigenvalue weighted by atomic mass is 9.97. The number of nitrogens with one attached hydrogen (secondary N) is 2. The van der Waals surface area contributed by atoms with E-state index in [-0.39, 0.29) is 30.6 Å². The number of carbonyl (C=O) groups excluding carboxylic acids is 1. The Morgan fingerprint density at radius 2 is 1.75 bits per heavy atom. The molecule has 1 heterocycles. The molecule has 0 aliphatic heterocycles. The highest BCUT2D eigenvalue weighted by Crippen LogP contribution is 2.26. The molecular formula is C20H20N6O2. The highest BCUT2D eigenvalue weighted by Gasteiger charge is 2.13. The summed E-state index contributed by atoms with van der Waals surface area (Å²) in [4.78, 5) is 19.9. The normalized spacial score (nSPS) is 10.5. The predicted molar refractivity (Wildman–Crippen MR) is 108 cm³/mol. The van der Waals surface area contributed by atoms with Gasteiger partial charge < -0.3 is 21.9 Å². The Balaban J connectivity index is 1.89. The monoisotopic (exact) mass is 376 g/mol. The molecule has 0 bridgehead atoms. The Kier molecular flexibility index (Phi) is 5.61. The van der Waals surface area contributed by atoms with Crippen LogP contribution < -0.4 is 16.8 Å². The fraction of sp³-hybridized carbons (Fsp3) is 0.100. The van der Waals surface area contributed by atoms with Crippen LogP contribution in [0.15, 0.2) is 54.9 Å². The molecular weight excluding hydrogens is 356 g/mol. The Hall–Kier alpha value is -3.78. The molecule has 0 spiro atoms. The standard InChI is InChI=1S/C20H20N6O2/c21-16-6-5-14(9-15(16)19(23)17-10-18(22)26-11-25-17)12-1-3-13(4-2-12)20(28)24-7-8-27/h1-6,9-11,23,27H,7-8,21H2,(H,24,28)(H2,22,25,26). The molecule has 2 aromatic carbocycles. The molecule has 0 radical (unpaired) electrons. The van der Waals surface area contributed by atoms with Gasteiger partial charge in [0.2, 0.25) is 0 Å². The average Bonchev–Trinajstić information content (AvgIpc) is 2.72. The molecule has 8 heteroatoms. The molecule has 0 saturated carbocycles. The number of carbonyl (C=O) groups is 1. The fourth-order valence-electron chi connectivity index (χ4n) is 2.68. The van der Waals surface area contributed by atoms with Gasteiger partial charge in [-0.1, -0.05) is 18.2 Å². The highest BCUT2D eigenvalue weighted by molar-refractivity contribution is 6.13. The number of nitrogen functional groups attached to an aromatic ring is 2. The van der Waals surface area contributed by atoms with Gasteiger partial charge in [-0.15, -0.1) is 0 Å². The summed E-state index contributed by atoms with van der Waals surface area (Å²) in [5.41, 5.74) is 15.5. The summed E-state index contributed by atoms with van der Waals surface area (Å²) in [6, 6.07) is 13.9. The zero-order valence-electron chi connectivity index (χ0n) is 15.0. The van der Waals surface area contributed by atoms with E-state index in [0.29, 0.717) is 22.5 Å². The molecule has 0 aliphatic carbocycles. The van der Waals surface area contributed by atoms with E-state index < -0.39 is 0 Å². The summed E-state index contributed by atoms with van der Waals surface area (Å²) in [6.45, 7) is 0.0968. The summed E-state index contributed by atoms with van der Waals surface area (Å²) < 4.78 is 0. The smallest absolute Gasteiger partial charge is 0.251 e. The van der Waals surface area contributed by atoms with Crippen LogP contribution in [0.4, 0.5) is 11.5 Å². The molecule has 0 saturated heterocycles. The number of benzene rings is 2. The largest absolute Gasteiger partial charge is 0.398 e. The number of aliphatic hydroxyl groups excluding tert-OH is 1. The number of nitrogens with zero attached hydrogens (tertiary/aromatic N) is 2. The van der Waals surface area contributed by atoms with Crippen molar-refractivity contribution in [3.05, 3.63) is 71.7 Å². The van der Waals surface area contributed by atoms with Gasteiger partial charge in [0.15, 0.2) is 0 Å². The average molecular weight is 376 g/mol. The van der Waals surface area contributed by atoms with Gasteiger partial charge in [0.05, 0.1) is 18.0 Å². The van der Waals surface area contributed by atoms with Crippen LogP contribution in [0.3, 0.4) is 0 Å². The van der Waals surface area contributed by atoms with Crippen LogP contribution in [0.5, 0.6) is 0 Å². The Bertz CT molecular complexity index is 1020. The van der Waals surface area contributed by atoms with Crippen molar-refractivity contribution in [2.75, 3.05) is 24.6 Å². The maximum absolute atomic E-state index is 11.9. The van der Waals surface area contributed by atoms with Crippen molar-refractivity contribution in [3.8, 4) is 11.1 Å². The van der Waals surface area contributed by atoms with E-state index in [4.69, 9.17) is 22.0 Å². The van der Waals surface area contributed by atoms with Crippen molar-refractivity contribution < 1.29 is 9.90 Å². The zero-order chi connectivity index (χ0) is 20.1. The quantitative estimate of drug-likeness (QED) is 0.324. The first kappa shape index (κ1) is 19.0. The molecule has 0 unspecified atom stereocenters. The highest BCUT2D eigenvalue weighted by atomic mass is 16.3. The van der Waals surface area contributed by atoms with E-state index >= 15 is 0 Å². The molecule has 1 aromatic heterocycles. The van der Waals surface area contributed by atoms with Crippen LogP contribution in [0.25, 0.3) is 11.1 Å². The topological polar surface area (TPSA) is 151 Å². The maximum atomic E-state index is 11.9. The molecule has 142 valence electrons. The van der Waals surface area contributed by atoms with Crippen LogP contribution in [0.2, 0.25) is 0 Å². The van der Waals surface area contributed by atoms with Crippen LogP contribution in [-0.4, -0.2) is 39.8 Å². The van der Waals surface area contributed by atoms with Gasteiger partial charge in [-0.2, -0.15) is 0 Å². The lowest BCUT2D eigenvalue weighted by molar-refractivity contribution is 0.0945. The number of aliphatic hydroxyl groups is 1. The summed E-state index contributed by atoms with van der Waals surface area (Å²) >= 11 is 0. The SMILES string of the molecule is N=C(c1cc(N)ncn1)c1cc(-c2ccc(C(=O)NCCO)cc2)ccc1N. The van der Waals surface area contributed by atoms with Crippen LogP contribution in [0.1, 0.15) is 21.6 Å². The van der Waals surface area contributed by atoms with E-state index in [2.05, 4.69) is 15.3 Å². The first-order chi connectivity index (χ1) is 13.5. The first-order valence-electron chi connectivity index (χ1n) is 8.55. The van der Waals surface area contributed by atoms with Crippen molar-refractivity contribution in [1.29, 1.82) is 5.41 Å². The third-order valence-electron chi connectivity index (χ3n) is 4.14. The molecule has 7 N–H and O–H groups in total. The van der Waals surface area contributed by atoms with E-state index in [1.807, 2.05) is 18.2 Å². The van der Waals surface area contributed by atoms with E-state index in [9.17, 15) is 4.79 Å². The third kappa shape index (κ3) is 4.13. The van der Waals surface area contributed by atoms with Gasteiger partial charge in [0.1, 0.15) is 12.1 Å². The van der Waals surface area contributed by atoms with E-state index in [0.717, 1.165) is 11.1 Å². The minimum Gasteiger partial charge on any atom is -0.398 e. The third-order valence-corrected chi connectivity index (χ3v) is 4.14. The predicted octanol–water partition coefficient (Wildman–Crippen LogP) is 1.45. The number of amides is 1. The van der Waals surface area contributed by atoms with Gasteiger partial charge in [-0.25, -0.2) is 9.97 Å². The lowest BCUT2D eigenvalue weighted by Gasteiger charge is -2.11.